The fraction of sp³-hybridized carbons (Fsp3) is 0.292. The fourth-order valence-electron chi connectivity index (χ4n) is 3.16. The first kappa shape index (κ1) is 22.2. The van der Waals surface area contributed by atoms with E-state index in [-0.39, 0.29) is 11.9 Å². The zero-order valence-corrected chi connectivity index (χ0v) is 18.4. The van der Waals surface area contributed by atoms with Gasteiger partial charge in [-0.2, -0.15) is 0 Å². The summed E-state index contributed by atoms with van der Waals surface area (Å²) in [5, 5.41) is 3.08. The first-order valence-electron chi connectivity index (χ1n) is 10.2. The molecule has 0 aliphatic heterocycles. The molecule has 0 radical (unpaired) electrons. The summed E-state index contributed by atoms with van der Waals surface area (Å²) in [5.74, 6) is 1.15. The Morgan fingerprint density at radius 3 is 2.55 bits per heavy atom. The van der Waals surface area contributed by atoms with Gasteiger partial charge in [0, 0.05) is 44.2 Å². The zero-order chi connectivity index (χ0) is 22.4. The van der Waals surface area contributed by atoms with Crippen LogP contribution in [-0.4, -0.2) is 43.1 Å². The average Bonchev–Trinajstić information content (AvgIpc) is 2.78. The fourth-order valence-corrected chi connectivity index (χ4v) is 3.16. The van der Waals surface area contributed by atoms with Crippen LogP contribution in [0.3, 0.4) is 0 Å². The number of nitrogens with two attached hydrogens (primary N) is 1. The van der Waals surface area contributed by atoms with Crippen LogP contribution in [0, 0.1) is 6.92 Å². The lowest BCUT2D eigenvalue weighted by atomic mass is 10.0. The van der Waals surface area contributed by atoms with Gasteiger partial charge in [-0.05, 0) is 48.7 Å². The Morgan fingerprint density at radius 1 is 1.13 bits per heavy atom. The quantitative estimate of drug-likeness (QED) is 0.582. The van der Waals surface area contributed by atoms with Crippen LogP contribution in [0.2, 0.25) is 0 Å². The van der Waals surface area contributed by atoms with Gasteiger partial charge < -0.3 is 20.7 Å². The third kappa shape index (κ3) is 5.58. The second kappa shape index (κ2) is 10.0. The Kier molecular flexibility index (Phi) is 7.20. The zero-order valence-electron chi connectivity index (χ0n) is 18.4. The van der Waals surface area contributed by atoms with Gasteiger partial charge in [-0.1, -0.05) is 24.3 Å². The van der Waals surface area contributed by atoms with Crippen LogP contribution in [0.1, 0.15) is 34.5 Å². The molecule has 0 aliphatic carbocycles. The molecule has 2 aromatic carbocycles. The van der Waals surface area contributed by atoms with Gasteiger partial charge in [-0.3, -0.25) is 4.79 Å². The molecule has 1 atom stereocenters. The van der Waals surface area contributed by atoms with Gasteiger partial charge in [0.2, 0.25) is 5.95 Å². The second-order valence-corrected chi connectivity index (χ2v) is 7.60. The summed E-state index contributed by atoms with van der Waals surface area (Å²) in [6.07, 6.45) is 3.61. The van der Waals surface area contributed by atoms with Crippen molar-refractivity contribution in [3.05, 3.63) is 71.5 Å². The van der Waals surface area contributed by atoms with E-state index in [0.29, 0.717) is 30.4 Å². The SMILES string of the molecule is Cc1ccc(OCCN)cc1C(=O)N[C@H](C)c1cccc(-c2cnc(N(C)C)nc2)c1. The number of hydrogen-bond donors (Lipinski definition) is 2. The summed E-state index contributed by atoms with van der Waals surface area (Å²) in [7, 11) is 3.81. The predicted octanol–water partition coefficient (Wildman–Crippen LogP) is 3.35. The van der Waals surface area contributed by atoms with Crippen LogP contribution in [0.4, 0.5) is 5.95 Å². The number of aryl methyl sites for hydroxylation is 1. The Morgan fingerprint density at radius 2 is 1.87 bits per heavy atom. The number of nitrogens with zero attached hydrogens (tertiary/aromatic N) is 3. The Bertz CT molecular complexity index is 1030. The Balaban J connectivity index is 1.75. The summed E-state index contributed by atoms with van der Waals surface area (Å²) in [5.41, 5.74) is 9.89. The van der Waals surface area contributed by atoms with Crippen molar-refractivity contribution in [2.45, 2.75) is 19.9 Å². The van der Waals surface area contributed by atoms with Crippen molar-refractivity contribution in [2.75, 3.05) is 32.1 Å². The molecule has 7 nitrogen and oxygen atoms in total. The molecule has 0 saturated heterocycles. The molecule has 0 aliphatic rings. The number of aromatic nitrogens is 2. The van der Waals surface area contributed by atoms with Gasteiger partial charge in [0.05, 0.1) is 6.04 Å². The van der Waals surface area contributed by atoms with Crippen LogP contribution < -0.4 is 20.7 Å². The van der Waals surface area contributed by atoms with Crippen molar-refractivity contribution in [3.8, 4) is 16.9 Å². The van der Waals surface area contributed by atoms with Gasteiger partial charge in [-0.15, -0.1) is 0 Å². The molecule has 3 rings (SSSR count). The number of ether oxygens (including phenoxy) is 1. The van der Waals surface area contributed by atoms with Gasteiger partial charge >= 0.3 is 0 Å². The molecule has 3 aromatic rings. The van der Waals surface area contributed by atoms with Crippen LogP contribution in [-0.2, 0) is 0 Å². The van der Waals surface area contributed by atoms with E-state index in [1.165, 1.54) is 0 Å². The van der Waals surface area contributed by atoms with Crippen molar-refractivity contribution >= 4 is 11.9 Å². The average molecular weight is 420 g/mol. The number of hydrogen-bond acceptors (Lipinski definition) is 6. The van der Waals surface area contributed by atoms with E-state index in [1.54, 1.807) is 18.5 Å². The summed E-state index contributed by atoms with van der Waals surface area (Å²) >= 11 is 0. The molecular formula is C24H29N5O2. The Labute approximate surface area is 183 Å². The molecule has 1 aromatic heterocycles. The number of anilines is 1. The van der Waals surface area contributed by atoms with E-state index in [2.05, 4.69) is 15.3 Å². The van der Waals surface area contributed by atoms with Crippen molar-refractivity contribution in [1.82, 2.24) is 15.3 Å². The number of carbonyl (C=O) groups is 1. The van der Waals surface area contributed by atoms with Gasteiger partial charge in [0.1, 0.15) is 12.4 Å². The van der Waals surface area contributed by atoms with Crippen molar-refractivity contribution in [1.29, 1.82) is 0 Å². The molecule has 0 unspecified atom stereocenters. The molecule has 3 N–H and O–H groups in total. The van der Waals surface area contributed by atoms with Crippen molar-refractivity contribution in [3.63, 3.8) is 0 Å². The third-order valence-corrected chi connectivity index (χ3v) is 4.95. The van der Waals surface area contributed by atoms with E-state index < -0.39 is 0 Å². The molecular weight excluding hydrogens is 390 g/mol. The first-order chi connectivity index (χ1) is 14.9. The van der Waals surface area contributed by atoms with Gasteiger partial charge in [-0.25, -0.2) is 9.97 Å². The number of benzene rings is 2. The van der Waals surface area contributed by atoms with Crippen LogP contribution in [0.15, 0.2) is 54.9 Å². The highest BCUT2D eigenvalue weighted by atomic mass is 16.5. The van der Waals surface area contributed by atoms with E-state index in [9.17, 15) is 4.79 Å². The minimum absolute atomic E-state index is 0.146. The highest BCUT2D eigenvalue weighted by Gasteiger charge is 2.15. The number of carbonyl (C=O) groups excluding carboxylic acids is 1. The molecule has 31 heavy (non-hydrogen) atoms. The molecule has 0 fully saturated rings. The summed E-state index contributed by atoms with van der Waals surface area (Å²) in [4.78, 5) is 23.5. The maximum Gasteiger partial charge on any atom is 0.252 e. The normalized spacial score (nSPS) is 11.6. The third-order valence-electron chi connectivity index (χ3n) is 4.95. The lowest BCUT2D eigenvalue weighted by Crippen LogP contribution is -2.27. The number of rotatable bonds is 8. The van der Waals surface area contributed by atoms with E-state index in [1.807, 2.05) is 69.2 Å². The largest absolute Gasteiger partial charge is 0.492 e. The minimum atomic E-state index is -0.178. The van der Waals surface area contributed by atoms with E-state index in [4.69, 9.17) is 10.5 Å². The minimum Gasteiger partial charge on any atom is -0.492 e. The molecule has 0 saturated carbocycles. The van der Waals surface area contributed by atoms with Gasteiger partial charge in [0.25, 0.3) is 5.91 Å². The van der Waals surface area contributed by atoms with Crippen molar-refractivity contribution in [2.24, 2.45) is 5.73 Å². The predicted molar refractivity (Wildman–Crippen MR) is 123 cm³/mol. The smallest absolute Gasteiger partial charge is 0.252 e. The summed E-state index contributed by atoms with van der Waals surface area (Å²) in [6.45, 7) is 4.70. The molecule has 1 amide bonds. The monoisotopic (exact) mass is 419 g/mol. The van der Waals surface area contributed by atoms with Crippen LogP contribution >= 0.6 is 0 Å². The maximum atomic E-state index is 12.9. The van der Waals surface area contributed by atoms with Crippen LogP contribution in [0.25, 0.3) is 11.1 Å². The van der Waals surface area contributed by atoms with Crippen molar-refractivity contribution < 1.29 is 9.53 Å². The number of amides is 1. The lowest BCUT2D eigenvalue weighted by molar-refractivity contribution is 0.0939. The molecule has 1 heterocycles. The molecule has 0 bridgehead atoms. The van der Waals surface area contributed by atoms with Gasteiger partial charge in [0.15, 0.2) is 0 Å². The highest BCUT2D eigenvalue weighted by Crippen LogP contribution is 2.24. The molecule has 162 valence electrons. The molecule has 0 spiro atoms. The highest BCUT2D eigenvalue weighted by molar-refractivity contribution is 5.96. The lowest BCUT2D eigenvalue weighted by Gasteiger charge is -2.17. The first-order valence-corrected chi connectivity index (χ1v) is 10.2. The van der Waals surface area contributed by atoms with Crippen LogP contribution in [0.5, 0.6) is 5.75 Å². The summed E-state index contributed by atoms with van der Waals surface area (Å²) in [6, 6.07) is 13.3. The second-order valence-electron chi connectivity index (χ2n) is 7.60. The number of nitrogens with one attached hydrogen (secondary N) is 1. The summed E-state index contributed by atoms with van der Waals surface area (Å²) < 4.78 is 5.56. The maximum absolute atomic E-state index is 12.9. The molecule has 7 heteroatoms. The topological polar surface area (TPSA) is 93.4 Å². The standard InChI is InChI=1S/C24H29N5O2/c1-16-8-9-21(31-11-10-25)13-22(16)23(30)28-17(2)18-6-5-7-19(12-18)20-14-26-24(27-15-20)29(3)4/h5-9,12-15,17H,10-11,25H2,1-4H3,(H,28,30)/t17-/m1/s1. The van der Waals surface area contributed by atoms with E-state index >= 15 is 0 Å². The Hall–Kier alpha value is -3.45. The van der Waals surface area contributed by atoms with E-state index in [0.717, 1.165) is 22.3 Å².